The van der Waals surface area contributed by atoms with Gasteiger partial charge in [0, 0.05) is 32.9 Å². The van der Waals surface area contributed by atoms with Gasteiger partial charge in [0.1, 0.15) is 11.3 Å². The summed E-state index contributed by atoms with van der Waals surface area (Å²) in [6.45, 7) is 0. The number of aromatic amines is 2. The number of H-pyrrole nitrogens is 2. The average Bonchev–Trinajstić information content (AvgIpc) is 3.12. The van der Waals surface area contributed by atoms with Crippen LogP contribution < -0.4 is 5.73 Å². The highest BCUT2D eigenvalue weighted by atomic mass is 79.9. The molecular formula is C14H10Br2N6O2. The maximum absolute atomic E-state index is 10.5. The molecule has 4 aromatic heterocycles. The van der Waals surface area contributed by atoms with Crippen molar-refractivity contribution in [3.63, 3.8) is 0 Å². The van der Waals surface area contributed by atoms with Gasteiger partial charge in [-0.2, -0.15) is 0 Å². The molecule has 0 fully saturated rings. The second-order valence-electron chi connectivity index (χ2n) is 4.77. The first-order chi connectivity index (χ1) is 11.5. The minimum atomic E-state index is -0.438. The molecule has 0 aliphatic heterocycles. The maximum atomic E-state index is 10.5. The Labute approximate surface area is 151 Å². The molecule has 0 bridgehead atoms. The fourth-order valence-corrected chi connectivity index (χ4v) is 2.78. The van der Waals surface area contributed by atoms with Gasteiger partial charge in [0.05, 0.1) is 22.2 Å². The number of nitrogens with zero attached hydrogens (tertiary/aromatic N) is 3. The normalized spacial score (nSPS) is 10.6. The molecule has 122 valence electrons. The summed E-state index contributed by atoms with van der Waals surface area (Å²) in [5.41, 5.74) is 7.78. The van der Waals surface area contributed by atoms with Crippen molar-refractivity contribution >= 4 is 65.3 Å². The van der Waals surface area contributed by atoms with Crippen molar-refractivity contribution in [2.45, 2.75) is 0 Å². The lowest BCUT2D eigenvalue weighted by molar-refractivity contribution is -0.383. The number of nitrogens with two attached hydrogens (primary N) is 1. The van der Waals surface area contributed by atoms with Gasteiger partial charge < -0.3 is 15.7 Å². The van der Waals surface area contributed by atoms with Crippen LogP contribution in [0.4, 0.5) is 11.4 Å². The summed E-state index contributed by atoms with van der Waals surface area (Å²) in [5, 5.41) is 12.0. The van der Waals surface area contributed by atoms with E-state index in [4.69, 9.17) is 5.73 Å². The van der Waals surface area contributed by atoms with Crippen LogP contribution in [0.2, 0.25) is 0 Å². The van der Waals surface area contributed by atoms with Gasteiger partial charge in [-0.3, -0.25) is 10.1 Å². The van der Waals surface area contributed by atoms with Crippen LogP contribution in [0, 0.1) is 10.1 Å². The monoisotopic (exact) mass is 452 g/mol. The lowest BCUT2D eigenvalue weighted by Crippen LogP contribution is -1.85. The van der Waals surface area contributed by atoms with Crippen molar-refractivity contribution in [1.29, 1.82) is 0 Å². The summed E-state index contributed by atoms with van der Waals surface area (Å²) in [7, 11) is 0. The molecule has 0 saturated carbocycles. The largest absolute Gasteiger partial charge is 0.397 e. The summed E-state index contributed by atoms with van der Waals surface area (Å²) >= 11 is 6.52. The molecule has 4 heterocycles. The van der Waals surface area contributed by atoms with Crippen molar-refractivity contribution in [2.24, 2.45) is 0 Å². The first kappa shape index (κ1) is 16.4. The maximum Gasteiger partial charge on any atom is 0.296 e. The number of nitrogens with one attached hydrogen (secondary N) is 2. The van der Waals surface area contributed by atoms with E-state index in [1.807, 2.05) is 6.07 Å². The van der Waals surface area contributed by atoms with Crippen LogP contribution in [0.5, 0.6) is 0 Å². The summed E-state index contributed by atoms with van der Waals surface area (Å²) in [4.78, 5) is 23.9. The van der Waals surface area contributed by atoms with Crippen LogP contribution in [0.3, 0.4) is 0 Å². The molecule has 24 heavy (non-hydrogen) atoms. The van der Waals surface area contributed by atoms with Gasteiger partial charge in [-0.15, -0.1) is 0 Å². The lowest BCUT2D eigenvalue weighted by atomic mass is 10.3. The van der Waals surface area contributed by atoms with Crippen molar-refractivity contribution in [1.82, 2.24) is 19.9 Å². The van der Waals surface area contributed by atoms with E-state index in [0.29, 0.717) is 11.0 Å². The molecule has 8 nitrogen and oxygen atoms in total. The van der Waals surface area contributed by atoms with E-state index in [9.17, 15) is 10.1 Å². The van der Waals surface area contributed by atoms with Crippen LogP contribution in [0.1, 0.15) is 0 Å². The highest BCUT2D eigenvalue weighted by molar-refractivity contribution is 9.10. The third-order valence-electron chi connectivity index (χ3n) is 3.20. The van der Waals surface area contributed by atoms with Gasteiger partial charge in [-0.25, -0.2) is 9.97 Å². The number of nitrogen functional groups attached to an aromatic ring is 1. The van der Waals surface area contributed by atoms with E-state index in [2.05, 4.69) is 51.8 Å². The summed E-state index contributed by atoms with van der Waals surface area (Å²) in [6, 6.07) is 3.60. The number of nitro groups is 1. The zero-order valence-electron chi connectivity index (χ0n) is 12.0. The lowest BCUT2D eigenvalue weighted by Gasteiger charge is -1.90. The van der Waals surface area contributed by atoms with Crippen LogP contribution in [-0.2, 0) is 0 Å². The standard InChI is InChI=1S/C7H4BrN3O2.C7H6BrN3/c8-4-1-5-6(11(12)13)3-10-7(5)9-2-4;8-4-1-5-6(9)3-11-7(5)10-2-4/h1-3H,(H,9,10);1-3H,9H2,(H,10,11). The molecule has 0 spiro atoms. The van der Waals surface area contributed by atoms with E-state index in [0.717, 1.165) is 25.7 Å². The Morgan fingerprint density at radius 2 is 1.54 bits per heavy atom. The molecule has 0 aromatic carbocycles. The molecule has 4 rings (SSSR count). The number of hydrogen-bond acceptors (Lipinski definition) is 5. The molecular weight excluding hydrogens is 444 g/mol. The van der Waals surface area contributed by atoms with Gasteiger partial charge in [0.2, 0.25) is 0 Å². The zero-order valence-corrected chi connectivity index (χ0v) is 15.1. The number of anilines is 1. The van der Waals surface area contributed by atoms with Gasteiger partial charge in [0.25, 0.3) is 5.69 Å². The SMILES string of the molecule is Nc1c[nH]c2ncc(Br)cc12.O=[N+]([O-])c1c[nH]c2ncc(Br)cc12. The zero-order chi connectivity index (χ0) is 17.3. The van der Waals surface area contributed by atoms with E-state index in [1.54, 1.807) is 24.7 Å². The second kappa shape index (κ2) is 6.57. The quantitative estimate of drug-likeness (QED) is 0.295. The van der Waals surface area contributed by atoms with E-state index in [-0.39, 0.29) is 5.69 Å². The first-order valence-electron chi connectivity index (χ1n) is 6.61. The Kier molecular flexibility index (Phi) is 4.49. The molecule has 0 unspecified atom stereocenters. The van der Waals surface area contributed by atoms with Gasteiger partial charge in [-0.05, 0) is 44.0 Å². The predicted molar refractivity (Wildman–Crippen MR) is 98.7 cm³/mol. The second-order valence-corrected chi connectivity index (χ2v) is 6.61. The minimum Gasteiger partial charge on any atom is -0.397 e. The van der Waals surface area contributed by atoms with Gasteiger partial charge in [-0.1, -0.05) is 0 Å². The number of hydrogen-bond donors (Lipinski definition) is 3. The molecule has 4 N–H and O–H groups in total. The Bertz CT molecular complexity index is 1040. The Morgan fingerprint density at radius 1 is 1.00 bits per heavy atom. The number of rotatable bonds is 1. The summed E-state index contributed by atoms with van der Waals surface area (Å²) < 4.78 is 1.67. The third-order valence-corrected chi connectivity index (χ3v) is 4.07. The Morgan fingerprint density at radius 3 is 2.17 bits per heavy atom. The van der Waals surface area contributed by atoms with Crippen LogP contribution in [0.15, 0.2) is 45.9 Å². The van der Waals surface area contributed by atoms with E-state index >= 15 is 0 Å². The average molecular weight is 454 g/mol. The van der Waals surface area contributed by atoms with Crippen LogP contribution in [-0.4, -0.2) is 24.9 Å². The first-order valence-corrected chi connectivity index (χ1v) is 8.19. The molecule has 0 radical (unpaired) electrons. The number of fused-ring (bicyclic) bond motifs is 2. The fraction of sp³-hybridized carbons (Fsp3) is 0. The molecule has 0 aliphatic rings. The molecule has 0 amide bonds. The number of aromatic nitrogens is 4. The van der Waals surface area contributed by atoms with Crippen molar-refractivity contribution in [2.75, 3.05) is 5.73 Å². The van der Waals surface area contributed by atoms with E-state index in [1.165, 1.54) is 6.20 Å². The van der Waals surface area contributed by atoms with Crippen molar-refractivity contribution in [3.05, 3.63) is 56.0 Å². The smallest absolute Gasteiger partial charge is 0.296 e. The third kappa shape index (κ3) is 3.24. The predicted octanol–water partition coefficient (Wildman–Crippen LogP) is 4.14. The fourth-order valence-electron chi connectivity index (χ4n) is 2.11. The summed E-state index contributed by atoms with van der Waals surface area (Å²) in [5.74, 6) is 0. The number of pyridine rings is 2. The summed E-state index contributed by atoms with van der Waals surface area (Å²) in [6.07, 6.45) is 6.40. The number of halogens is 2. The highest BCUT2D eigenvalue weighted by Crippen LogP contribution is 2.25. The molecule has 4 aromatic rings. The molecule has 10 heteroatoms. The van der Waals surface area contributed by atoms with Crippen LogP contribution >= 0.6 is 31.9 Å². The van der Waals surface area contributed by atoms with E-state index < -0.39 is 4.92 Å². The van der Waals surface area contributed by atoms with Gasteiger partial charge in [0.15, 0.2) is 0 Å². The molecule has 0 aliphatic carbocycles. The molecule has 0 atom stereocenters. The highest BCUT2D eigenvalue weighted by Gasteiger charge is 2.14. The topological polar surface area (TPSA) is 127 Å². The Balaban J connectivity index is 0.000000143. The Hall–Kier alpha value is -2.46. The minimum absolute atomic E-state index is 0.0452. The van der Waals surface area contributed by atoms with Crippen molar-refractivity contribution in [3.8, 4) is 0 Å². The van der Waals surface area contributed by atoms with Gasteiger partial charge >= 0.3 is 0 Å². The van der Waals surface area contributed by atoms with Crippen molar-refractivity contribution < 1.29 is 4.92 Å². The van der Waals surface area contributed by atoms with Crippen LogP contribution in [0.25, 0.3) is 22.1 Å². The molecule has 0 saturated heterocycles.